The number of alkyl halides is 1. The molecule has 0 bridgehead atoms. The second kappa shape index (κ2) is 10.6. The molecule has 0 aliphatic heterocycles. The summed E-state index contributed by atoms with van der Waals surface area (Å²) in [4.78, 5) is 0. The van der Waals surface area contributed by atoms with Gasteiger partial charge in [0.05, 0.1) is 0 Å². The highest BCUT2D eigenvalue weighted by Gasteiger charge is 1.81. The van der Waals surface area contributed by atoms with E-state index in [4.69, 9.17) is 11.6 Å². The number of unbranched alkanes of at least 4 members (excludes halogenated alkanes) is 3. The van der Waals surface area contributed by atoms with Crippen LogP contribution >= 0.6 is 11.6 Å². The Balaban J connectivity index is 0.000000255. The molecule has 0 spiro atoms. The number of hydrogen-bond acceptors (Lipinski definition) is 0. The molecule has 0 N–H and O–H groups in total. The van der Waals surface area contributed by atoms with E-state index in [1.54, 1.807) is 0 Å². The summed E-state index contributed by atoms with van der Waals surface area (Å²) in [5, 5.41) is 0. The van der Waals surface area contributed by atoms with Gasteiger partial charge >= 0.3 is 0 Å². The largest absolute Gasteiger partial charge is 0.122 e. The fraction of sp³-hybridized carbons (Fsp3) is 0.538. The lowest BCUT2D eigenvalue weighted by Gasteiger charge is -1.88. The van der Waals surface area contributed by atoms with E-state index >= 15 is 0 Å². The van der Waals surface area contributed by atoms with Gasteiger partial charge in [-0.1, -0.05) is 69.9 Å². The summed E-state index contributed by atoms with van der Waals surface area (Å²) in [6.07, 6.45) is 5.54. The fourth-order valence-corrected chi connectivity index (χ4v) is 1.25. The molecule has 0 saturated heterocycles. The van der Waals surface area contributed by atoms with Crippen molar-refractivity contribution in [1.29, 1.82) is 0 Å². The van der Waals surface area contributed by atoms with Crippen LogP contribution in [-0.2, 0) is 5.88 Å². The average Bonchev–Trinajstić information content (AvgIpc) is 2.28. The summed E-state index contributed by atoms with van der Waals surface area (Å²) in [5.74, 6) is 0.612. The molecular formula is C13H21Cl. The van der Waals surface area contributed by atoms with Crippen molar-refractivity contribution in [2.45, 2.75) is 45.4 Å². The van der Waals surface area contributed by atoms with Gasteiger partial charge in [0.15, 0.2) is 0 Å². The second-order valence-corrected chi connectivity index (χ2v) is 3.59. The van der Waals surface area contributed by atoms with Crippen LogP contribution in [-0.4, -0.2) is 0 Å². The number of halogens is 1. The molecule has 0 unspecified atom stereocenters. The lowest BCUT2D eigenvalue weighted by atomic mass is 10.2. The third kappa shape index (κ3) is 8.12. The summed E-state index contributed by atoms with van der Waals surface area (Å²) in [6.45, 7) is 4.46. The maximum absolute atomic E-state index is 5.53. The molecule has 0 nitrogen and oxygen atoms in total. The van der Waals surface area contributed by atoms with Crippen molar-refractivity contribution in [1.82, 2.24) is 0 Å². The molecule has 1 rings (SSSR count). The molecule has 1 heteroatoms. The van der Waals surface area contributed by atoms with Crippen LogP contribution in [0, 0.1) is 0 Å². The molecule has 80 valence electrons. The van der Waals surface area contributed by atoms with Crippen molar-refractivity contribution in [3.8, 4) is 0 Å². The van der Waals surface area contributed by atoms with Gasteiger partial charge in [-0.3, -0.25) is 0 Å². The molecule has 0 atom stereocenters. The molecule has 0 fully saturated rings. The van der Waals surface area contributed by atoms with Gasteiger partial charge in [0.25, 0.3) is 0 Å². The predicted octanol–water partition coefficient (Wildman–Crippen LogP) is 5.01. The Labute approximate surface area is 93.3 Å². The van der Waals surface area contributed by atoms with Gasteiger partial charge in [-0.2, -0.15) is 0 Å². The third-order valence-electron chi connectivity index (χ3n) is 1.95. The first-order valence-electron chi connectivity index (χ1n) is 5.45. The van der Waals surface area contributed by atoms with Gasteiger partial charge in [-0.25, -0.2) is 0 Å². The maximum Gasteiger partial charge on any atom is 0.0474 e. The van der Waals surface area contributed by atoms with E-state index in [1.165, 1.54) is 31.2 Å². The van der Waals surface area contributed by atoms with Crippen LogP contribution in [0.15, 0.2) is 30.3 Å². The van der Waals surface area contributed by atoms with Crippen LogP contribution in [0.2, 0.25) is 0 Å². The first kappa shape index (κ1) is 13.5. The SMILES string of the molecule is CCCCCC.ClCc1ccccc1. The van der Waals surface area contributed by atoms with Crippen molar-refractivity contribution < 1.29 is 0 Å². The minimum absolute atomic E-state index is 0.612. The van der Waals surface area contributed by atoms with Gasteiger partial charge in [0.1, 0.15) is 0 Å². The molecule has 0 amide bonds. The Kier molecular flexibility index (Phi) is 10.2. The van der Waals surface area contributed by atoms with Crippen molar-refractivity contribution in [3.63, 3.8) is 0 Å². The first-order chi connectivity index (χ1) is 6.85. The zero-order valence-corrected chi connectivity index (χ0v) is 10.1. The van der Waals surface area contributed by atoms with Crippen molar-refractivity contribution in [2.75, 3.05) is 0 Å². The predicted molar refractivity (Wildman–Crippen MR) is 65.8 cm³/mol. The monoisotopic (exact) mass is 212 g/mol. The molecule has 0 aromatic heterocycles. The number of hydrogen-bond donors (Lipinski definition) is 0. The third-order valence-corrected chi connectivity index (χ3v) is 2.26. The van der Waals surface area contributed by atoms with Gasteiger partial charge in [-0.15, -0.1) is 11.6 Å². The Morgan fingerprint density at radius 2 is 1.43 bits per heavy atom. The number of rotatable bonds is 4. The first-order valence-corrected chi connectivity index (χ1v) is 5.98. The van der Waals surface area contributed by atoms with Crippen LogP contribution in [0.1, 0.15) is 45.1 Å². The zero-order chi connectivity index (χ0) is 10.6. The lowest BCUT2D eigenvalue weighted by molar-refractivity contribution is 0.702. The molecule has 0 radical (unpaired) electrons. The lowest BCUT2D eigenvalue weighted by Crippen LogP contribution is -1.71. The molecule has 14 heavy (non-hydrogen) atoms. The van der Waals surface area contributed by atoms with Crippen LogP contribution in [0.25, 0.3) is 0 Å². The molecule has 0 saturated carbocycles. The molecular weight excluding hydrogens is 192 g/mol. The van der Waals surface area contributed by atoms with Crippen LogP contribution < -0.4 is 0 Å². The van der Waals surface area contributed by atoms with E-state index < -0.39 is 0 Å². The fourth-order valence-electron chi connectivity index (χ4n) is 1.07. The molecule has 0 aliphatic rings. The van der Waals surface area contributed by atoms with Gasteiger partial charge in [0, 0.05) is 5.88 Å². The average molecular weight is 213 g/mol. The van der Waals surface area contributed by atoms with Crippen LogP contribution in [0.3, 0.4) is 0 Å². The minimum Gasteiger partial charge on any atom is -0.122 e. The van der Waals surface area contributed by atoms with Crippen molar-refractivity contribution >= 4 is 11.6 Å². The maximum atomic E-state index is 5.53. The van der Waals surface area contributed by atoms with Crippen molar-refractivity contribution in [3.05, 3.63) is 35.9 Å². The smallest absolute Gasteiger partial charge is 0.0474 e. The molecule has 1 aromatic rings. The van der Waals surface area contributed by atoms with Crippen molar-refractivity contribution in [2.24, 2.45) is 0 Å². The van der Waals surface area contributed by atoms with Gasteiger partial charge < -0.3 is 0 Å². The Hall–Kier alpha value is -0.490. The highest BCUT2D eigenvalue weighted by atomic mass is 35.5. The van der Waals surface area contributed by atoms with E-state index in [1.807, 2.05) is 30.3 Å². The molecule has 0 heterocycles. The molecule has 0 aliphatic carbocycles. The summed E-state index contributed by atoms with van der Waals surface area (Å²) >= 11 is 5.53. The summed E-state index contributed by atoms with van der Waals surface area (Å²) < 4.78 is 0. The van der Waals surface area contributed by atoms with E-state index in [2.05, 4.69) is 13.8 Å². The summed E-state index contributed by atoms with van der Waals surface area (Å²) in [7, 11) is 0. The standard InChI is InChI=1S/C7H7Cl.C6H14/c8-6-7-4-2-1-3-5-7;1-3-5-6-4-2/h1-5H,6H2;3-6H2,1-2H3. The Morgan fingerprint density at radius 3 is 1.71 bits per heavy atom. The topological polar surface area (TPSA) is 0 Å². The Bertz CT molecular complexity index is 190. The van der Waals surface area contributed by atoms with E-state index in [0.717, 1.165) is 0 Å². The van der Waals surface area contributed by atoms with Gasteiger partial charge in [0.2, 0.25) is 0 Å². The van der Waals surface area contributed by atoms with Crippen LogP contribution in [0.4, 0.5) is 0 Å². The normalized spacial score (nSPS) is 9.07. The second-order valence-electron chi connectivity index (χ2n) is 3.33. The quantitative estimate of drug-likeness (QED) is 0.486. The zero-order valence-electron chi connectivity index (χ0n) is 9.30. The highest BCUT2D eigenvalue weighted by molar-refractivity contribution is 6.17. The minimum atomic E-state index is 0.612. The van der Waals surface area contributed by atoms with E-state index in [-0.39, 0.29) is 0 Å². The number of benzene rings is 1. The Morgan fingerprint density at radius 1 is 0.929 bits per heavy atom. The van der Waals surface area contributed by atoms with Crippen LogP contribution in [0.5, 0.6) is 0 Å². The summed E-state index contributed by atoms with van der Waals surface area (Å²) in [6, 6.07) is 9.96. The van der Waals surface area contributed by atoms with E-state index in [9.17, 15) is 0 Å². The van der Waals surface area contributed by atoms with Gasteiger partial charge in [-0.05, 0) is 5.56 Å². The highest BCUT2D eigenvalue weighted by Crippen LogP contribution is 2.00. The van der Waals surface area contributed by atoms with E-state index in [0.29, 0.717) is 5.88 Å². The summed E-state index contributed by atoms with van der Waals surface area (Å²) in [5.41, 5.74) is 1.18. The molecule has 1 aromatic carbocycles.